The Kier molecular flexibility index (Phi) is 5.71. The Morgan fingerprint density at radius 2 is 2.00 bits per heavy atom. The second kappa shape index (κ2) is 8.58. The van der Waals surface area contributed by atoms with Gasteiger partial charge >= 0.3 is 0 Å². The van der Waals surface area contributed by atoms with Crippen LogP contribution in [0.3, 0.4) is 0 Å². The summed E-state index contributed by atoms with van der Waals surface area (Å²) in [5.41, 5.74) is 0.393. The van der Waals surface area contributed by atoms with Crippen LogP contribution in [0.15, 0.2) is 51.3 Å². The molecule has 1 aliphatic rings. The zero-order chi connectivity index (χ0) is 21.1. The molecule has 1 N–H and O–H groups in total. The fourth-order valence-corrected chi connectivity index (χ4v) is 3.59. The summed E-state index contributed by atoms with van der Waals surface area (Å²) in [6.45, 7) is 0.359. The maximum absolute atomic E-state index is 12.6. The summed E-state index contributed by atoms with van der Waals surface area (Å²) < 4.78 is 17.9. The number of benzene rings is 1. The van der Waals surface area contributed by atoms with Gasteiger partial charge in [-0.2, -0.15) is 4.99 Å². The summed E-state index contributed by atoms with van der Waals surface area (Å²) in [5.74, 6) is 1.30. The molecule has 1 aliphatic carbocycles. The van der Waals surface area contributed by atoms with Crippen LogP contribution in [0.5, 0.6) is 11.5 Å². The van der Waals surface area contributed by atoms with Crippen LogP contribution >= 0.6 is 11.3 Å². The first-order valence-electron chi connectivity index (χ1n) is 9.42. The van der Waals surface area contributed by atoms with Crippen LogP contribution in [-0.4, -0.2) is 36.6 Å². The molecule has 0 spiro atoms. The fraction of sp³-hybridized carbons (Fsp3) is 0.286. The lowest BCUT2D eigenvalue weighted by atomic mass is 10.2. The van der Waals surface area contributed by atoms with E-state index in [1.165, 1.54) is 25.6 Å². The van der Waals surface area contributed by atoms with E-state index in [0.29, 0.717) is 34.2 Å². The van der Waals surface area contributed by atoms with Gasteiger partial charge in [-0.15, -0.1) is 11.3 Å². The van der Waals surface area contributed by atoms with E-state index in [-0.39, 0.29) is 17.7 Å². The molecule has 9 heteroatoms. The summed E-state index contributed by atoms with van der Waals surface area (Å²) in [5, 5.41) is 4.73. The molecule has 1 fully saturated rings. The zero-order valence-corrected chi connectivity index (χ0v) is 17.4. The number of thiazole rings is 1. The average molecular weight is 427 g/mol. The minimum Gasteiger partial charge on any atom is -0.493 e. The first-order chi connectivity index (χ1) is 14.6. The van der Waals surface area contributed by atoms with Crippen molar-refractivity contribution in [2.75, 3.05) is 14.2 Å². The highest BCUT2D eigenvalue weighted by molar-refractivity contribution is 7.07. The van der Waals surface area contributed by atoms with Crippen molar-refractivity contribution in [1.82, 2.24) is 9.88 Å². The van der Waals surface area contributed by atoms with E-state index >= 15 is 0 Å². The van der Waals surface area contributed by atoms with Gasteiger partial charge in [-0.1, -0.05) is 0 Å². The van der Waals surface area contributed by atoms with Gasteiger partial charge in [-0.25, -0.2) is 0 Å². The first-order valence-corrected chi connectivity index (χ1v) is 10.3. The molecule has 3 aromatic rings. The third-order valence-electron chi connectivity index (χ3n) is 4.61. The Labute approximate surface area is 176 Å². The Morgan fingerprint density at radius 3 is 2.73 bits per heavy atom. The van der Waals surface area contributed by atoms with Crippen molar-refractivity contribution < 1.29 is 23.5 Å². The van der Waals surface area contributed by atoms with E-state index in [1.807, 2.05) is 11.6 Å². The lowest BCUT2D eigenvalue weighted by Gasteiger charge is -2.07. The molecular weight excluding hydrogens is 406 g/mol. The number of methoxy groups -OCH3 is 2. The van der Waals surface area contributed by atoms with Crippen molar-refractivity contribution >= 4 is 23.2 Å². The number of carbonyl (C=O) groups excluding carboxylic acids is 2. The predicted octanol–water partition coefficient (Wildman–Crippen LogP) is 2.84. The summed E-state index contributed by atoms with van der Waals surface area (Å²) >= 11 is 1.34. The van der Waals surface area contributed by atoms with Gasteiger partial charge < -0.3 is 23.8 Å². The monoisotopic (exact) mass is 427 g/mol. The molecule has 0 saturated heterocycles. The number of ether oxygens (including phenoxy) is 2. The van der Waals surface area contributed by atoms with Crippen LogP contribution < -0.4 is 19.6 Å². The van der Waals surface area contributed by atoms with E-state index < -0.39 is 5.91 Å². The van der Waals surface area contributed by atoms with E-state index in [2.05, 4.69) is 10.3 Å². The summed E-state index contributed by atoms with van der Waals surface area (Å²) in [7, 11) is 3.05. The minimum absolute atomic E-state index is 0.201. The number of hydrogen-bond acceptors (Lipinski definition) is 6. The number of aromatic nitrogens is 1. The highest BCUT2D eigenvalue weighted by atomic mass is 32.1. The predicted molar refractivity (Wildman–Crippen MR) is 110 cm³/mol. The Bertz CT molecular complexity index is 1140. The van der Waals surface area contributed by atoms with Crippen molar-refractivity contribution in [3.63, 3.8) is 0 Å². The number of amides is 2. The van der Waals surface area contributed by atoms with Crippen molar-refractivity contribution in [3.8, 4) is 11.5 Å². The maximum Gasteiger partial charge on any atom is 0.287 e. The number of hydrogen-bond donors (Lipinski definition) is 1. The van der Waals surface area contributed by atoms with E-state index in [9.17, 15) is 9.59 Å². The van der Waals surface area contributed by atoms with Crippen LogP contribution in [0, 0.1) is 0 Å². The zero-order valence-electron chi connectivity index (χ0n) is 16.6. The van der Waals surface area contributed by atoms with Crippen LogP contribution in [0.2, 0.25) is 0 Å². The quantitative estimate of drug-likeness (QED) is 0.626. The Hall–Kier alpha value is -3.33. The minimum atomic E-state index is -0.393. The molecular formula is C21H21N3O5S. The lowest BCUT2D eigenvalue weighted by molar-refractivity contribution is 0.0920. The third kappa shape index (κ3) is 4.46. The van der Waals surface area contributed by atoms with Gasteiger partial charge in [0, 0.05) is 23.2 Å². The van der Waals surface area contributed by atoms with E-state index in [0.717, 1.165) is 12.8 Å². The molecule has 2 amide bonds. The molecule has 0 radical (unpaired) electrons. The fourth-order valence-electron chi connectivity index (χ4n) is 2.86. The van der Waals surface area contributed by atoms with E-state index in [1.54, 1.807) is 34.9 Å². The highest BCUT2D eigenvalue weighted by Gasteiger charge is 2.25. The van der Waals surface area contributed by atoms with E-state index in [4.69, 9.17) is 13.9 Å². The van der Waals surface area contributed by atoms with Gasteiger partial charge in [-0.3, -0.25) is 9.59 Å². The summed E-state index contributed by atoms with van der Waals surface area (Å²) in [6.07, 6.45) is 3.85. The topological polar surface area (TPSA) is 95.1 Å². The molecule has 156 valence electrons. The lowest BCUT2D eigenvalue weighted by Crippen LogP contribution is -2.24. The molecule has 8 nitrogen and oxygen atoms in total. The van der Waals surface area contributed by atoms with Gasteiger partial charge in [0.1, 0.15) is 5.76 Å². The standard InChI is InChI=1S/C21H21N3O5S/c1-27-16-7-3-13(11-18(16)28-2)19(25)23-21-24(9-10-30-21)12-15-6-8-17(29-15)20(26)22-14-4-5-14/h3,6-11,14H,4-5,12H2,1-2H3,(H,22,26). The first kappa shape index (κ1) is 20.0. The van der Waals surface area contributed by atoms with Crippen LogP contribution in [-0.2, 0) is 6.54 Å². The SMILES string of the molecule is COc1ccc(C(=O)N=c2sccn2Cc2ccc(C(=O)NC3CC3)o2)cc1OC. The molecule has 2 aromatic heterocycles. The van der Waals surface area contributed by atoms with Crippen LogP contribution in [0.1, 0.15) is 39.5 Å². The van der Waals surface area contributed by atoms with Crippen molar-refractivity contribution in [1.29, 1.82) is 0 Å². The molecule has 30 heavy (non-hydrogen) atoms. The van der Waals surface area contributed by atoms with Gasteiger partial charge in [-0.05, 0) is 43.2 Å². The molecule has 0 bridgehead atoms. The largest absolute Gasteiger partial charge is 0.493 e. The van der Waals surface area contributed by atoms with Gasteiger partial charge in [0.25, 0.3) is 11.8 Å². The second-order valence-electron chi connectivity index (χ2n) is 6.81. The van der Waals surface area contributed by atoms with Gasteiger partial charge in [0.2, 0.25) is 0 Å². The third-order valence-corrected chi connectivity index (χ3v) is 5.41. The normalized spacial score (nSPS) is 13.9. The van der Waals surface area contributed by atoms with Gasteiger partial charge in [0.05, 0.1) is 20.8 Å². The number of rotatable bonds is 7. The molecule has 0 aliphatic heterocycles. The molecule has 1 aromatic carbocycles. The number of nitrogens with zero attached hydrogens (tertiary/aromatic N) is 2. The van der Waals surface area contributed by atoms with Crippen molar-refractivity contribution in [3.05, 3.63) is 63.8 Å². The molecule has 2 heterocycles. The molecule has 1 saturated carbocycles. The smallest absolute Gasteiger partial charge is 0.287 e. The molecule has 0 atom stereocenters. The van der Waals surface area contributed by atoms with Crippen molar-refractivity contribution in [2.24, 2.45) is 4.99 Å². The number of furan rings is 1. The highest BCUT2D eigenvalue weighted by Crippen LogP contribution is 2.27. The number of carbonyl (C=O) groups is 2. The summed E-state index contributed by atoms with van der Waals surface area (Å²) in [4.78, 5) is 29.5. The average Bonchev–Trinajstić information content (AvgIpc) is 3.26. The Morgan fingerprint density at radius 1 is 1.20 bits per heavy atom. The van der Waals surface area contributed by atoms with Crippen LogP contribution in [0.25, 0.3) is 0 Å². The Balaban J connectivity index is 1.51. The van der Waals surface area contributed by atoms with Gasteiger partial charge in [0.15, 0.2) is 22.1 Å². The molecule has 0 unspecified atom stereocenters. The second-order valence-corrected chi connectivity index (χ2v) is 7.69. The van der Waals surface area contributed by atoms with Crippen molar-refractivity contribution in [2.45, 2.75) is 25.4 Å². The van der Waals surface area contributed by atoms with Crippen LogP contribution in [0.4, 0.5) is 0 Å². The summed E-state index contributed by atoms with van der Waals surface area (Å²) in [6, 6.07) is 8.59. The maximum atomic E-state index is 12.6. The number of nitrogens with one attached hydrogen (secondary N) is 1. The molecule has 4 rings (SSSR count).